The standard InChI is InChI=1S/C13H12ClN3O2/c14-11-9-4-1-5-10(13(18)19)17(9)12(16-11)8-3-2-6-15-7-8/h2-3,6-7,10H,1,4-5H2,(H,18,19). The number of carboxylic acids is 1. The van der Waals surface area contributed by atoms with Crippen LogP contribution >= 0.6 is 11.6 Å². The quantitative estimate of drug-likeness (QED) is 0.916. The van der Waals surface area contributed by atoms with E-state index in [9.17, 15) is 9.90 Å². The maximum absolute atomic E-state index is 11.4. The van der Waals surface area contributed by atoms with Gasteiger partial charge in [0.05, 0.1) is 5.69 Å². The summed E-state index contributed by atoms with van der Waals surface area (Å²) < 4.78 is 1.74. The molecule has 3 heterocycles. The zero-order valence-electron chi connectivity index (χ0n) is 10.1. The van der Waals surface area contributed by atoms with Crippen molar-refractivity contribution >= 4 is 17.6 Å². The summed E-state index contributed by atoms with van der Waals surface area (Å²) in [5.74, 6) is -0.264. The summed E-state index contributed by atoms with van der Waals surface area (Å²) in [4.78, 5) is 19.8. The summed E-state index contributed by atoms with van der Waals surface area (Å²) in [6.45, 7) is 0. The first-order valence-corrected chi connectivity index (χ1v) is 6.46. The minimum atomic E-state index is -0.847. The number of aliphatic carboxylic acids is 1. The molecule has 2 aromatic rings. The molecule has 6 heteroatoms. The number of carboxylic acid groups (broad SMARTS) is 1. The molecule has 1 atom stereocenters. The number of nitrogens with zero attached hydrogens (tertiary/aromatic N) is 3. The van der Waals surface area contributed by atoms with Gasteiger partial charge < -0.3 is 9.67 Å². The number of halogens is 1. The monoisotopic (exact) mass is 277 g/mol. The van der Waals surface area contributed by atoms with E-state index in [-0.39, 0.29) is 0 Å². The van der Waals surface area contributed by atoms with E-state index in [4.69, 9.17) is 11.6 Å². The molecule has 0 aliphatic carbocycles. The van der Waals surface area contributed by atoms with Gasteiger partial charge in [0.2, 0.25) is 0 Å². The van der Waals surface area contributed by atoms with Gasteiger partial charge in [-0.1, -0.05) is 11.6 Å². The summed E-state index contributed by atoms with van der Waals surface area (Å²) in [6, 6.07) is 3.05. The van der Waals surface area contributed by atoms with Crippen LogP contribution in [0.15, 0.2) is 24.5 Å². The second-order valence-electron chi connectivity index (χ2n) is 4.53. The number of hydrogen-bond acceptors (Lipinski definition) is 3. The fraction of sp³-hybridized carbons (Fsp3) is 0.308. The Morgan fingerprint density at radius 1 is 1.53 bits per heavy atom. The fourth-order valence-corrected chi connectivity index (χ4v) is 2.79. The molecule has 0 radical (unpaired) electrons. The Morgan fingerprint density at radius 3 is 3.05 bits per heavy atom. The Balaban J connectivity index is 2.20. The van der Waals surface area contributed by atoms with Crippen LogP contribution in [-0.2, 0) is 11.2 Å². The highest BCUT2D eigenvalue weighted by Gasteiger charge is 2.31. The van der Waals surface area contributed by atoms with E-state index < -0.39 is 12.0 Å². The summed E-state index contributed by atoms with van der Waals surface area (Å²) in [5.41, 5.74) is 1.59. The topological polar surface area (TPSA) is 68.0 Å². The minimum Gasteiger partial charge on any atom is -0.480 e. The lowest BCUT2D eigenvalue weighted by Gasteiger charge is -2.24. The van der Waals surface area contributed by atoms with Crippen molar-refractivity contribution in [2.45, 2.75) is 25.3 Å². The molecule has 19 heavy (non-hydrogen) atoms. The van der Waals surface area contributed by atoms with Crippen LogP contribution in [-0.4, -0.2) is 25.6 Å². The van der Waals surface area contributed by atoms with Gasteiger partial charge in [0.15, 0.2) is 5.15 Å². The van der Waals surface area contributed by atoms with E-state index in [0.717, 1.165) is 24.1 Å². The number of pyridine rings is 1. The summed E-state index contributed by atoms with van der Waals surface area (Å²) in [7, 11) is 0. The molecular weight excluding hydrogens is 266 g/mol. The highest BCUT2D eigenvalue weighted by Crippen LogP contribution is 2.35. The van der Waals surface area contributed by atoms with Crippen LogP contribution in [0.2, 0.25) is 5.15 Å². The van der Waals surface area contributed by atoms with Gasteiger partial charge in [0, 0.05) is 18.0 Å². The maximum Gasteiger partial charge on any atom is 0.326 e. The van der Waals surface area contributed by atoms with Crippen LogP contribution in [0, 0.1) is 0 Å². The Kier molecular flexibility index (Phi) is 2.98. The molecule has 0 spiro atoms. The highest BCUT2D eigenvalue weighted by molar-refractivity contribution is 6.30. The van der Waals surface area contributed by atoms with Crippen molar-refractivity contribution < 1.29 is 9.90 Å². The molecule has 1 aliphatic heterocycles. The third-order valence-electron chi connectivity index (χ3n) is 3.37. The van der Waals surface area contributed by atoms with Crippen LogP contribution in [0.5, 0.6) is 0 Å². The van der Waals surface area contributed by atoms with Crippen LogP contribution in [0.1, 0.15) is 24.6 Å². The van der Waals surface area contributed by atoms with Gasteiger partial charge >= 0.3 is 5.97 Å². The summed E-state index contributed by atoms with van der Waals surface area (Å²) in [6.07, 6.45) is 5.51. The van der Waals surface area contributed by atoms with E-state index in [1.54, 1.807) is 23.0 Å². The Labute approximate surface area is 114 Å². The number of hydrogen-bond donors (Lipinski definition) is 1. The lowest BCUT2D eigenvalue weighted by Crippen LogP contribution is -2.25. The third kappa shape index (κ3) is 2.00. The van der Waals surface area contributed by atoms with E-state index in [0.29, 0.717) is 17.4 Å². The molecule has 0 bridgehead atoms. The SMILES string of the molecule is O=C(O)C1CCCc2c(Cl)nc(-c3cccnc3)n21. The van der Waals surface area contributed by atoms with Crippen molar-refractivity contribution in [1.82, 2.24) is 14.5 Å². The average Bonchev–Trinajstić information content (AvgIpc) is 2.77. The predicted octanol–water partition coefficient (Wildman–Crippen LogP) is 2.56. The average molecular weight is 278 g/mol. The molecule has 0 saturated heterocycles. The second-order valence-corrected chi connectivity index (χ2v) is 4.89. The molecule has 98 valence electrons. The van der Waals surface area contributed by atoms with E-state index in [1.165, 1.54) is 0 Å². The minimum absolute atomic E-state index is 0.393. The lowest BCUT2D eigenvalue weighted by molar-refractivity contribution is -0.141. The van der Waals surface area contributed by atoms with Gasteiger partial charge in [-0.3, -0.25) is 4.98 Å². The van der Waals surface area contributed by atoms with Crippen molar-refractivity contribution in [2.24, 2.45) is 0 Å². The van der Waals surface area contributed by atoms with Crippen molar-refractivity contribution in [2.75, 3.05) is 0 Å². The molecule has 0 saturated carbocycles. The normalized spacial score (nSPS) is 18.1. The molecule has 1 N–H and O–H groups in total. The summed E-state index contributed by atoms with van der Waals surface area (Å²) >= 11 is 6.14. The van der Waals surface area contributed by atoms with Crippen molar-refractivity contribution in [3.8, 4) is 11.4 Å². The van der Waals surface area contributed by atoms with Crippen molar-refractivity contribution in [1.29, 1.82) is 0 Å². The number of rotatable bonds is 2. The van der Waals surface area contributed by atoms with E-state index in [2.05, 4.69) is 9.97 Å². The first-order valence-electron chi connectivity index (χ1n) is 6.08. The third-order valence-corrected chi connectivity index (χ3v) is 3.67. The Hall–Kier alpha value is -1.88. The van der Waals surface area contributed by atoms with E-state index in [1.807, 2.05) is 6.07 Å². The molecule has 0 aromatic carbocycles. The highest BCUT2D eigenvalue weighted by atomic mass is 35.5. The zero-order chi connectivity index (χ0) is 13.4. The van der Waals surface area contributed by atoms with Crippen LogP contribution in [0.4, 0.5) is 0 Å². The largest absolute Gasteiger partial charge is 0.480 e. The van der Waals surface area contributed by atoms with Crippen LogP contribution in [0.25, 0.3) is 11.4 Å². The smallest absolute Gasteiger partial charge is 0.326 e. The van der Waals surface area contributed by atoms with Crippen LogP contribution < -0.4 is 0 Å². The first-order chi connectivity index (χ1) is 9.18. The molecule has 3 rings (SSSR count). The van der Waals surface area contributed by atoms with Gasteiger partial charge in [0.1, 0.15) is 11.9 Å². The predicted molar refractivity (Wildman–Crippen MR) is 70.1 cm³/mol. The number of imidazole rings is 1. The fourth-order valence-electron chi connectivity index (χ4n) is 2.52. The number of aromatic nitrogens is 3. The maximum atomic E-state index is 11.4. The van der Waals surface area contributed by atoms with Crippen molar-refractivity contribution in [3.63, 3.8) is 0 Å². The lowest BCUT2D eigenvalue weighted by atomic mass is 10.0. The van der Waals surface area contributed by atoms with Gasteiger partial charge in [0.25, 0.3) is 0 Å². The van der Waals surface area contributed by atoms with Crippen LogP contribution in [0.3, 0.4) is 0 Å². The molecule has 5 nitrogen and oxygen atoms in total. The first kappa shape index (κ1) is 12.2. The van der Waals surface area contributed by atoms with E-state index >= 15 is 0 Å². The molecule has 1 aliphatic rings. The van der Waals surface area contributed by atoms with Gasteiger partial charge in [-0.25, -0.2) is 9.78 Å². The molecule has 0 fully saturated rings. The number of fused-ring (bicyclic) bond motifs is 1. The molecule has 1 unspecified atom stereocenters. The van der Waals surface area contributed by atoms with Gasteiger partial charge in [-0.05, 0) is 31.4 Å². The number of carbonyl (C=O) groups is 1. The zero-order valence-corrected chi connectivity index (χ0v) is 10.8. The Morgan fingerprint density at radius 2 is 2.37 bits per heavy atom. The van der Waals surface area contributed by atoms with Gasteiger partial charge in [-0.2, -0.15) is 0 Å². The molecule has 0 amide bonds. The van der Waals surface area contributed by atoms with Gasteiger partial charge in [-0.15, -0.1) is 0 Å². The summed E-state index contributed by atoms with van der Waals surface area (Å²) in [5, 5.41) is 9.75. The molecule has 2 aromatic heterocycles. The Bertz CT molecular complexity index is 624. The van der Waals surface area contributed by atoms with Crippen molar-refractivity contribution in [3.05, 3.63) is 35.4 Å². The second kappa shape index (κ2) is 4.66. The molecular formula is C13H12ClN3O2.